The third-order valence-electron chi connectivity index (χ3n) is 3.03. The van der Waals surface area contributed by atoms with Gasteiger partial charge in [-0.25, -0.2) is 4.79 Å². The van der Waals surface area contributed by atoms with E-state index in [9.17, 15) is 9.59 Å². The molecule has 0 N–H and O–H groups in total. The summed E-state index contributed by atoms with van der Waals surface area (Å²) in [6.45, 7) is 3.53. The summed E-state index contributed by atoms with van der Waals surface area (Å²) in [5, 5.41) is 0.759. The fourth-order valence-electron chi connectivity index (χ4n) is 1.86. The SMILES string of the molecule is CC(C)C(=O)c1cc2ccc(N(C)C)cc2oc1=O. The third-order valence-corrected chi connectivity index (χ3v) is 3.03. The van der Waals surface area contributed by atoms with E-state index >= 15 is 0 Å². The highest BCUT2D eigenvalue weighted by Gasteiger charge is 2.16. The van der Waals surface area contributed by atoms with E-state index in [1.807, 2.05) is 31.1 Å². The van der Waals surface area contributed by atoms with Gasteiger partial charge in [0.25, 0.3) is 0 Å². The fraction of sp³-hybridized carbons (Fsp3) is 0.333. The summed E-state index contributed by atoms with van der Waals surface area (Å²) in [6, 6.07) is 7.18. The summed E-state index contributed by atoms with van der Waals surface area (Å²) in [7, 11) is 3.83. The average Bonchev–Trinajstić information content (AvgIpc) is 2.36. The molecular weight excluding hydrogens is 242 g/mol. The Kier molecular flexibility index (Phi) is 3.42. The first-order valence-corrected chi connectivity index (χ1v) is 6.19. The molecule has 19 heavy (non-hydrogen) atoms. The minimum absolute atomic E-state index is 0.125. The van der Waals surface area contributed by atoms with Gasteiger partial charge in [0.05, 0.1) is 0 Å². The second-order valence-corrected chi connectivity index (χ2v) is 5.08. The highest BCUT2D eigenvalue weighted by Crippen LogP contribution is 2.21. The van der Waals surface area contributed by atoms with Crippen LogP contribution in [0.15, 0.2) is 33.5 Å². The predicted molar refractivity (Wildman–Crippen MR) is 76.0 cm³/mol. The highest BCUT2D eigenvalue weighted by molar-refractivity contribution is 5.99. The molecule has 0 aliphatic rings. The van der Waals surface area contributed by atoms with E-state index in [4.69, 9.17) is 4.42 Å². The Morgan fingerprint density at radius 3 is 2.47 bits per heavy atom. The Morgan fingerprint density at radius 2 is 1.89 bits per heavy atom. The van der Waals surface area contributed by atoms with Crippen molar-refractivity contribution in [2.75, 3.05) is 19.0 Å². The molecule has 0 saturated carbocycles. The van der Waals surface area contributed by atoms with Crippen LogP contribution in [0.25, 0.3) is 11.0 Å². The first-order valence-electron chi connectivity index (χ1n) is 6.19. The molecule has 0 radical (unpaired) electrons. The van der Waals surface area contributed by atoms with E-state index in [2.05, 4.69) is 0 Å². The highest BCUT2D eigenvalue weighted by atomic mass is 16.4. The van der Waals surface area contributed by atoms with Crippen LogP contribution < -0.4 is 10.5 Å². The Morgan fingerprint density at radius 1 is 1.21 bits per heavy atom. The molecule has 4 heteroatoms. The zero-order valence-electron chi connectivity index (χ0n) is 11.6. The number of benzene rings is 1. The molecule has 0 aliphatic heterocycles. The van der Waals surface area contributed by atoms with Crippen LogP contribution in [0.2, 0.25) is 0 Å². The van der Waals surface area contributed by atoms with Crippen molar-refractivity contribution < 1.29 is 9.21 Å². The van der Waals surface area contributed by atoms with Crippen molar-refractivity contribution in [1.82, 2.24) is 0 Å². The molecule has 4 nitrogen and oxygen atoms in total. The molecule has 0 aliphatic carbocycles. The van der Waals surface area contributed by atoms with Crippen molar-refractivity contribution in [2.45, 2.75) is 13.8 Å². The van der Waals surface area contributed by atoms with Gasteiger partial charge in [-0.2, -0.15) is 0 Å². The maximum Gasteiger partial charge on any atom is 0.347 e. The van der Waals surface area contributed by atoms with Gasteiger partial charge in [0.2, 0.25) is 0 Å². The van der Waals surface area contributed by atoms with Gasteiger partial charge in [-0.3, -0.25) is 4.79 Å². The van der Waals surface area contributed by atoms with Crippen molar-refractivity contribution in [2.24, 2.45) is 5.92 Å². The van der Waals surface area contributed by atoms with E-state index in [-0.39, 0.29) is 17.3 Å². The van der Waals surface area contributed by atoms with Gasteiger partial charge < -0.3 is 9.32 Å². The van der Waals surface area contributed by atoms with Crippen molar-refractivity contribution in [1.29, 1.82) is 0 Å². The number of ketones is 1. The molecule has 0 atom stereocenters. The predicted octanol–water partition coefficient (Wildman–Crippen LogP) is 2.70. The Bertz CT molecular complexity index is 683. The van der Waals surface area contributed by atoms with Gasteiger partial charge in [-0.05, 0) is 18.2 Å². The van der Waals surface area contributed by atoms with E-state index in [1.54, 1.807) is 26.0 Å². The molecule has 1 aromatic carbocycles. The number of hydrogen-bond donors (Lipinski definition) is 0. The first kappa shape index (κ1) is 13.3. The molecule has 0 bridgehead atoms. The zero-order chi connectivity index (χ0) is 14.2. The number of hydrogen-bond acceptors (Lipinski definition) is 4. The standard InChI is InChI=1S/C15H17NO3/c1-9(2)14(17)12-7-10-5-6-11(16(3)4)8-13(10)19-15(12)18/h5-9H,1-4H3. The number of anilines is 1. The van der Waals surface area contributed by atoms with Gasteiger partial charge in [0, 0.05) is 37.2 Å². The van der Waals surface area contributed by atoms with Crippen molar-refractivity contribution in [3.05, 3.63) is 40.2 Å². The van der Waals surface area contributed by atoms with E-state index in [1.165, 1.54) is 0 Å². The lowest BCUT2D eigenvalue weighted by atomic mass is 10.0. The van der Waals surface area contributed by atoms with Gasteiger partial charge in [0.1, 0.15) is 11.1 Å². The molecule has 0 spiro atoms. The van der Waals surface area contributed by atoms with Gasteiger partial charge in [-0.1, -0.05) is 13.8 Å². The summed E-state index contributed by atoms with van der Waals surface area (Å²) in [4.78, 5) is 25.7. The van der Waals surface area contributed by atoms with E-state index in [0.29, 0.717) is 5.58 Å². The Balaban J connectivity index is 2.62. The number of rotatable bonds is 3. The van der Waals surface area contributed by atoms with Crippen molar-refractivity contribution >= 4 is 22.4 Å². The number of carbonyl (C=O) groups is 1. The van der Waals surface area contributed by atoms with Crippen LogP contribution in [-0.2, 0) is 0 Å². The third kappa shape index (κ3) is 2.52. The lowest BCUT2D eigenvalue weighted by molar-refractivity contribution is 0.0936. The van der Waals surface area contributed by atoms with Gasteiger partial charge in [-0.15, -0.1) is 0 Å². The summed E-state index contributed by atoms with van der Waals surface area (Å²) < 4.78 is 5.25. The molecule has 0 amide bonds. The second-order valence-electron chi connectivity index (χ2n) is 5.08. The fourth-order valence-corrected chi connectivity index (χ4v) is 1.86. The van der Waals surface area contributed by atoms with Crippen LogP contribution in [-0.4, -0.2) is 19.9 Å². The minimum atomic E-state index is -0.567. The molecule has 0 fully saturated rings. The molecule has 1 heterocycles. The summed E-state index contributed by atoms with van der Waals surface area (Å²) >= 11 is 0. The molecule has 0 unspecified atom stereocenters. The summed E-state index contributed by atoms with van der Waals surface area (Å²) in [6.07, 6.45) is 0. The van der Waals surface area contributed by atoms with Crippen LogP contribution in [0.1, 0.15) is 24.2 Å². The van der Waals surface area contributed by atoms with E-state index in [0.717, 1.165) is 11.1 Å². The molecule has 2 rings (SSSR count). The monoisotopic (exact) mass is 259 g/mol. The van der Waals surface area contributed by atoms with Crippen molar-refractivity contribution in [3.63, 3.8) is 0 Å². The quantitative estimate of drug-likeness (QED) is 0.628. The first-order chi connectivity index (χ1) is 8.90. The second kappa shape index (κ2) is 4.88. The minimum Gasteiger partial charge on any atom is -0.422 e. The van der Waals surface area contributed by atoms with Crippen LogP contribution in [0.3, 0.4) is 0 Å². The number of carbonyl (C=O) groups excluding carboxylic acids is 1. The summed E-state index contributed by atoms with van der Waals surface area (Å²) in [5.41, 5.74) is 0.998. The Hall–Kier alpha value is -2.10. The van der Waals surface area contributed by atoms with Crippen LogP contribution in [0.4, 0.5) is 5.69 Å². The smallest absolute Gasteiger partial charge is 0.347 e. The molecular formula is C15H17NO3. The maximum atomic E-state index is 11.9. The molecule has 1 aromatic heterocycles. The van der Waals surface area contributed by atoms with E-state index < -0.39 is 5.63 Å². The van der Waals surface area contributed by atoms with Crippen LogP contribution in [0, 0.1) is 5.92 Å². The number of nitrogens with zero attached hydrogens (tertiary/aromatic N) is 1. The molecule has 2 aromatic rings. The van der Waals surface area contributed by atoms with Crippen LogP contribution in [0.5, 0.6) is 0 Å². The Labute approximate surface area is 111 Å². The number of fused-ring (bicyclic) bond motifs is 1. The topological polar surface area (TPSA) is 50.5 Å². The lowest BCUT2D eigenvalue weighted by Crippen LogP contribution is -2.18. The normalized spacial score (nSPS) is 11.0. The molecule has 0 saturated heterocycles. The van der Waals surface area contributed by atoms with Crippen LogP contribution >= 0.6 is 0 Å². The molecule has 100 valence electrons. The maximum absolute atomic E-state index is 11.9. The lowest BCUT2D eigenvalue weighted by Gasteiger charge is -2.12. The van der Waals surface area contributed by atoms with Gasteiger partial charge in [0.15, 0.2) is 5.78 Å². The average molecular weight is 259 g/mol. The van der Waals surface area contributed by atoms with Gasteiger partial charge >= 0.3 is 5.63 Å². The largest absolute Gasteiger partial charge is 0.422 e. The van der Waals surface area contributed by atoms with Crippen molar-refractivity contribution in [3.8, 4) is 0 Å². The number of Topliss-reactive ketones (excluding diaryl/α,β-unsaturated/α-hetero) is 1. The zero-order valence-corrected chi connectivity index (χ0v) is 11.6. The summed E-state index contributed by atoms with van der Waals surface area (Å²) in [5.74, 6) is -0.409.